The number of pyridine rings is 1. The molecule has 22 heavy (non-hydrogen) atoms. The van der Waals surface area contributed by atoms with Crippen molar-refractivity contribution in [3.8, 4) is 11.5 Å². The summed E-state index contributed by atoms with van der Waals surface area (Å²) in [5.41, 5.74) is 0.663. The first-order chi connectivity index (χ1) is 10.6. The average Bonchev–Trinajstić information content (AvgIpc) is 2.54. The summed E-state index contributed by atoms with van der Waals surface area (Å²) in [5.74, 6) is 1.40. The van der Waals surface area contributed by atoms with Crippen LogP contribution in [0.15, 0.2) is 45.8 Å². The molecule has 114 valence electrons. The van der Waals surface area contributed by atoms with Crippen molar-refractivity contribution in [3.05, 3.63) is 36.5 Å². The molecule has 0 unspecified atom stereocenters. The summed E-state index contributed by atoms with van der Waals surface area (Å²) < 4.78 is 38.0. The Bertz CT molecular complexity index is 849. The predicted molar refractivity (Wildman–Crippen MR) is 81.6 cm³/mol. The third-order valence-electron chi connectivity index (χ3n) is 3.20. The van der Waals surface area contributed by atoms with E-state index in [-0.39, 0.29) is 4.90 Å². The molecule has 0 N–H and O–H groups in total. The molecule has 0 spiro atoms. The van der Waals surface area contributed by atoms with E-state index in [0.717, 1.165) is 0 Å². The molecule has 0 radical (unpaired) electrons. The molecule has 8 heteroatoms. The SMILES string of the molecule is COc1ccc(N2C=NS(=O)(=O)c3cccnc32)cc1OC. The molecule has 0 fully saturated rings. The first kappa shape index (κ1) is 14.3. The van der Waals surface area contributed by atoms with Gasteiger partial charge >= 0.3 is 0 Å². The number of aromatic nitrogens is 1. The molecular formula is C14H13N3O4S. The van der Waals surface area contributed by atoms with Crippen molar-refractivity contribution in [2.45, 2.75) is 4.90 Å². The Hall–Kier alpha value is -2.61. The highest BCUT2D eigenvalue weighted by atomic mass is 32.2. The number of sulfonamides is 1. The number of methoxy groups -OCH3 is 2. The second kappa shape index (κ2) is 5.30. The van der Waals surface area contributed by atoms with Crippen LogP contribution in [-0.4, -0.2) is 34.0 Å². The van der Waals surface area contributed by atoms with Crippen molar-refractivity contribution in [2.24, 2.45) is 4.40 Å². The maximum atomic E-state index is 12.0. The molecule has 3 rings (SSSR count). The lowest BCUT2D eigenvalue weighted by Gasteiger charge is -2.24. The van der Waals surface area contributed by atoms with Crippen molar-refractivity contribution in [2.75, 3.05) is 19.1 Å². The van der Waals surface area contributed by atoms with Crippen molar-refractivity contribution < 1.29 is 17.9 Å². The summed E-state index contributed by atoms with van der Waals surface area (Å²) in [6, 6.07) is 8.25. The van der Waals surface area contributed by atoms with Gasteiger partial charge in [-0.1, -0.05) is 0 Å². The summed E-state index contributed by atoms with van der Waals surface area (Å²) in [6.07, 6.45) is 2.76. The Labute approximate surface area is 127 Å². The number of anilines is 2. The third-order valence-corrected chi connectivity index (χ3v) is 4.45. The average molecular weight is 319 g/mol. The largest absolute Gasteiger partial charge is 0.493 e. The Balaban J connectivity index is 2.14. The lowest BCUT2D eigenvalue weighted by molar-refractivity contribution is 0.355. The van der Waals surface area contributed by atoms with Gasteiger partial charge in [-0.3, -0.25) is 4.90 Å². The molecule has 0 atom stereocenters. The predicted octanol–water partition coefficient (Wildman–Crippen LogP) is 1.97. The van der Waals surface area contributed by atoms with Crippen LogP contribution in [0.5, 0.6) is 11.5 Å². The minimum absolute atomic E-state index is 0.0623. The maximum absolute atomic E-state index is 12.0. The van der Waals surface area contributed by atoms with Crippen LogP contribution in [0.4, 0.5) is 11.5 Å². The molecule has 0 saturated heterocycles. The standard InChI is InChI=1S/C14H13N3O4S/c1-20-11-6-5-10(8-12(11)21-2)17-9-16-22(18,19)13-4-3-7-15-14(13)17/h3-9H,1-2H3. The Morgan fingerprint density at radius 3 is 2.59 bits per heavy atom. The summed E-state index contributed by atoms with van der Waals surface area (Å²) in [7, 11) is -0.627. The molecular weight excluding hydrogens is 306 g/mol. The minimum Gasteiger partial charge on any atom is -0.493 e. The van der Waals surface area contributed by atoms with Gasteiger partial charge in [-0.15, -0.1) is 4.40 Å². The van der Waals surface area contributed by atoms with Crippen molar-refractivity contribution in [1.82, 2.24) is 4.98 Å². The van der Waals surface area contributed by atoms with Crippen LogP contribution in [0, 0.1) is 0 Å². The molecule has 7 nitrogen and oxygen atoms in total. The van der Waals surface area contributed by atoms with E-state index >= 15 is 0 Å². The summed E-state index contributed by atoms with van der Waals surface area (Å²) >= 11 is 0. The Morgan fingerprint density at radius 2 is 1.86 bits per heavy atom. The van der Waals surface area contributed by atoms with Gasteiger partial charge in [-0.2, -0.15) is 8.42 Å². The van der Waals surface area contributed by atoms with E-state index in [0.29, 0.717) is 23.0 Å². The minimum atomic E-state index is -3.70. The number of hydrogen-bond donors (Lipinski definition) is 0. The van der Waals surface area contributed by atoms with Gasteiger partial charge in [-0.25, -0.2) is 4.98 Å². The normalized spacial score (nSPS) is 15.3. The highest BCUT2D eigenvalue weighted by Crippen LogP contribution is 2.37. The molecule has 1 aliphatic heterocycles. The zero-order valence-corrected chi connectivity index (χ0v) is 12.7. The first-order valence-corrected chi connectivity index (χ1v) is 7.77. The van der Waals surface area contributed by atoms with Crippen LogP contribution in [-0.2, 0) is 10.0 Å². The summed E-state index contributed by atoms with van der Waals surface area (Å²) in [4.78, 5) is 5.80. The Kier molecular flexibility index (Phi) is 3.45. The van der Waals surface area contributed by atoms with E-state index in [1.807, 2.05) is 0 Å². The fourth-order valence-electron chi connectivity index (χ4n) is 2.15. The lowest BCUT2D eigenvalue weighted by Crippen LogP contribution is -2.23. The molecule has 2 heterocycles. The van der Waals surface area contributed by atoms with Gasteiger partial charge in [0.1, 0.15) is 11.2 Å². The van der Waals surface area contributed by atoms with Crippen molar-refractivity contribution in [1.29, 1.82) is 0 Å². The monoisotopic (exact) mass is 319 g/mol. The van der Waals surface area contributed by atoms with Crippen LogP contribution >= 0.6 is 0 Å². The number of ether oxygens (including phenoxy) is 2. The number of rotatable bonds is 3. The van der Waals surface area contributed by atoms with E-state index in [2.05, 4.69) is 9.38 Å². The van der Waals surface area contributed by atoms with E-state index in [4.69, 9.17) is 9.47 Å². The van der Waals surface area contributed by atoms with Gasteiger partial charge in [0.15, 0.2) is 17.3 Å². The summed E-state index contributed by atoms with van der Waals surface area (Å²) in [5, 5.41) is 0. The molecule has 1 aromatic carbocycles. The second-order valence-electron chi connectivity index (χ2n) is 4.43. The van der Waals surface area contributed by atoms with E-state index in [1.165, 1.54) is 25.7 Å². The molecule has 1 aliphatic rings. The lowest BCUT2D eigenvalue weighted by atomic mass is 10.2. The fourth-order valence-corrected chi connectivity index (χ4v) is 3.11. The smallest absolute Gasteiger partial charge is 0.287 e. The first-order valence-electron chi connectivity index (χ1n) is 6.33. The van der Waals surface area contributed by atoms with Gasteiger partial charge in [-0.05, 0) is 24.3 Å². The number of benzene rings is 1. The van der Waals surface area contributed by atoms with Gasteiger partial charge in [0.25, 0.3) is 10.0 Å². The van der Waals surface area contributed by atoms with Crippen molar-refractivity contribution in [3.63, 3.8) is 0 Å². The van der Waals surface area contributed by atoms with E-state index < -0.39 is 10.0 Å². The quantitative estimate of drug-likeness (QED) is 0.860. The van der Waals surface area contributed by atoms with Crippen LogP contribution in [0.3, 0.4) is 0 Å². The zero-order chi connectivity index (χ0) is 15.7. The molecule has 0 aliphatic carbocycles. The van der Waals surface area contributed by atoms with Crippen LogP contribution in [0.25, 0.3) is 0 Å². The maximum Gasteiger partial charge on any atom is 0.287 e. The third kappa shape index (κ3) is 2.27. The fraction of sp³-hybridized carbons (Fsp3) is 0.143. The number of fused-ring (bicyclic) bond motifs is 1. The van der Waals surface area contributed by atoms with Crippen LogP contribution in [0.2, 0.25) is 0 Å². The second-order valence-corrected chi connectivity index (χ2v) is 6.03. The van der Waals surface area contributed by atoms with E-state index in [1.54, 1.807) is 36.3 Å². The van der Waals surface area contributed by atoms with Crippen LogP contribution in [0.1, 0.15) is 0 Å². The highest BCUT2D eigenvalue weighted by Gasteiger charge is 2.27. The number of hydrogen-bond acceptors (Lipinski definition) is 6. The topological polar surface area (TPSA) is 81.1 Å². The molecule has 2 aromatic rings. The van der Waals surface area contributed by atoms with E-state index in [9.17, 15) is 8.42 Å². The van der Waals surface area contributed by atoms with Crippen molar-refractivity contribution >= 4 is 27.9 Å². The Morgan fingerprint density at radius 1 is 1.09 bits per heavy atom. The molecule has 0 bridgehead atoms. The van der Waals surface area contributed by atoms with Crippen LogP contribution < -0.4 is 14.4 Å². The number of nitrogens with zero attached hydrogens (tertiary/aromatic N) is 3. The molecule has 0 amide bonds. The molecule has 1 aromatic heterocycles. The van der Waals surface area contributed by atoms with Gasteiger partial charge < -0.3 is 9.47 Å². The zero-order valence-electron chi connectivity index (χ0n) is 11.9. The summed E-state index contributed by atoms with van der Waals surface area (Å²) in [6.45, 7) is 0. The highest BCUT2D eigenvalue weighted by molar-refractivity contribution is 7.90. The van der Waals surface area contributed by atoms with Gasteiger partial charge in [0.05, 0.1) is 19.9 Å². The van der Waals surface area contributed by atoms with Gasteiger partial charge in [0.2, 0.25) is 0 Å². The van der Waals surface area contributed by atoms with Gasteiger partial charge in [0, 0.05) is 12.3 Å². The molecule has 0 saturated carbocycles.